The van der Waals surface area contributed by atoms with E-state index in [9.17, 15) is 4.79 Å². The summed E-state index contributed by atoms with van der Waals surface area (Å²) in [7, 11) is 2.25. The van der Waals surface area contributed by atoms with Crippen LogP contribution in [0.15, 0.2) is 0 Å². The molecule has 0 N–H and O–H groups in total. The van der Waals surface area contributed by atoms with E-state index in [1.54, 1.807) is 0 Å². The SMILES string of the molecule is CC1CCCN(C(=O)N2CCC3C(CCCN3C)C2)C1. The third-order valence-corrected chi connectivity index (χ3v) is 5.54. The van der Waals surface area contributed by atoms with Crippen LogP contribution in [-0.4, -0.2) is 66.5 Å². The summed E-state index contributed by atoms with van der Waals surface area (Å²) in [5, 5.41) is 0. The molecule has 0 aromatic carbocycles. The second-order valence-electron chi connectivity index (χ2n) is 7.16. The normalized spacial score (nSPS) is 35.8. The summed E-state index contributed by atoms with van der Waals surface area (Å²) in [6.07, 6.45) is 6.21. The summed E-state index contributed by atoms with van der Waals surface area (Å²) < 4.78 is 0. The van der Waals surface area contributed by atoms with Crippen molar-refractivity contribution in [2.24, 2.45) is 11.8 Å². The molecule has 3 fully saturated rings. The van der Waals surface area contributed by atoms with Crippen molar-refractivity contribution in [1.29, 1.82) is 0 Å². The first kappa shape index (κ1) is 14.2. The lowest BCUT2D eigenvalue weighted by atomic mass is 9.84. The number of likely N-dealkylation sites (tertiary alicyclic amines) is 3. The molecule has 2 amide bonds. The van der Waals surface area contributed by atoms with Crippen LogP contribution in [-0.2, 0) is 0 Å². The predicted molar refractivity (Wildman–Crippen MR) is 80.7 cm³/mol. The van der Waals surface area contributed by atoms with Crippen LogP contribution in [0.4, 0.5) is 4.79 Å². The van der Waals surface area contributed by atoms with E-state index >= 15 is 0 Å². The van der Waals surface area contributed by atoms with Crippen molar-refractivity contribution in [3.8, 4) is 0 Å². The minimum absolute atomic E-state index is 0.309. The zero-order valence-corrected chi connectivity index (χ0v) is 13.1. The number of nitrogens with zero attached hydrogens (tertiary/aromatic N) is 3. The fourth-order valence-corrected chi connectivity index (χ4v) is 4.39. The Morgan fingerprint density at radius 2 is 1.70 bits per heavy atom. The largest absolute Gasteiger partial charge is 0.324 e. The number of carbonyl (C=O) groups excluding carboxylic acids is 1. The topological polar surface area (TPSA) is 26.8 Å². The molecule has 4 heteroatoms. The van der Waals surface area contributed by atoms with E-state index in [0.717, 1.165) is 32.6 Å². The van der Waals surface area contributed by atoms with Gasteiger partial charge in [0, 0.05) is 32.2 Å². The van der Waals surface area contributed by atoms with Crippen LogP contribution < -0.4 is 0 Å². The zero-order valence-electron chi connectivity index (χ0n) is 13.1. The first-order chi connectivity index (χ1) is 9.65. The molecule has 0 spiro atoms. The molecule has 20 heavy (non-hydrogen) atoms. The molecule has 3 heterocycles. The maximum atomic E-state index is 12.7. The van der Waals surface area contributed by atoms with E-state index in [1.165, 1.54) is 32.2 Å². The van der Waals surface area contributed by atoms with Crippen LogP contribution in [0.2, 0.25) is 0 Å². The first-order valence-corrected chi connectivity index (χ1v) is 8.39. The molecule has 3 saturated heterocycles. The number of rotatable bonds is 0. The van der Waals surface area contributed by atoms with Crippen molar-refractivity contribution in [3.63, 3.8) is 0 Å². The van der Waals surface area contributed by atoms with E-state index < -0.39 is 0 Å². The maximum absolute atomic E-state index is 12.7. The number of hydrogen-bond acceptors (Lipinski definition) is 2. The van der Waals surface area contributed by atoms with Gasteiger partial charge in [0.15, 0.2) is 0 Å². The Morgan fingerprint density at radius 3 is 2.50 bits per heavy atom. The van der Waals surface area contributed by atoms with Crippen molar-refractivity contribution in [1.82, 2.24) is 14.7 Å². The van der Waals surface area contributed by atoms with Gasteiger partial charge in [-0.05, 0) is 57.5 Å². The summed E-state index contributed by atoms with van der Waals surface area (Å²) in [4.78, 5) is 19.4. The molecule has 4 nitrogen and oxygen atoms in total. The molecule has 0 radical (unpaired) electrons. The fraction of sp³-hybridized carbons (Fsp3) is 0.938. The standard InChI is InChI=1S/C16H29N3O/c1-13-5-3-9-18(11-13)16(20)19-10-7-15-14(12-19)6-4-8-17(15)2/h13-15H,3-12H2,1-2H3. The molecule has 0 aliphatic carbocycles. The molecule has 0 aromatic heterocycles. The van der Waals surface area contributed by atoms with Gasteiger partial charge in [-0.1, -0.05) is 6.92 Å². The molecule has 0 saturated carbocycles. The lowest BCUT2D eigenvalue weighted by molar-refractivity contribution is 0.0402. The van der Waals surface area contributed by atoms with Crippen LogP contribution in [0.1, 0.15) is 39.0 Å². The summed E-state index contributed by atoms with van der Waals surface area (Å²) in [6, 6.07) is 1.02. The van der Waals surface area contributed by atoms with Gasteiger partial charge in [0.25, 0.3) is 0 Å². The Labute approximate surface area is 123 Å². The van der Waals surface area contributed by atoms with Gasteiger partial charge in [0.05, 0.1) is 0 Å². The third kappa shape index (κ3) is 2.80. The maximum Gasteiger partial charge on any atom is 0.320 e. The van der Waals surface area contributed by atoms with Gasteiger partial charge in [-0.25, -0.2) is 4.79 Å². The Morgan fingerprint density at radius 1 is 0.950 bits per heavy atom. The average Bonchev–Trinajstić information content (AvgIpc) is 2.46. The van der Waals surface area contributed by atoms with E-state index in [1.807, 2.05) is 0 Å². The molecule has 3 atom stereocenters. The highest BCUT2D eigenvalue weighted by molar-refractivity contribution is 5.74. The highest BCUT2D eigenvalue weighted by atomic mass is 16.2. The highest BCUT2D eigenvalue weighted by Crippen LogP contribution is 2.30. The second-order valence-corrected chi connectivity index (χ2v) is 7.16. The van der Waals surface area contributed by atoms with Crippen LogP contribution >= 0.6 is 0 Å². The van der Waals surface area contributed by atoms with Gasteiger partial charge in [-0.15, -0.1) is 0 Å². The minimum atomic E-state index is 0.309. The molecule has 3 rings (SSSR count). The average molecular weight is 279 g/mol. The zero-order chi connectivity index (χ0) is 14.1. The number of piperidine rings is 3. The number of hydrogen-bond donors (Lipinski definition) is 0. The molecule has 0 aromatic rings. The van der Waals surface area contributed by atoms with Gasteiger partial charge in [-0.3, -0.25) is 0 Å². The summed E-state index contributed by atoms with van der Waals surface area (Å²) >= 11 is 0. The molecule has 3 unspecified atom stereocenters. The Bertz CT molecular complexity index is 360. The quantitative estimate of drug-likeness (QED) is 0.680. The van der Waals surface area contributed by atoms with Gasteiger partial charge in [0.2, 0.25) is 0 Å². The lowest BCUT2D eigenvalue weighted by Crippen LogP contribution is -2.57. The van der Waals surface area contributed by atoms with Crippen molar-refractivity contribution >= 4 is 6.03 Å². The van der Waals surface area contributed by atoms with Gasteiger partial charge < -0.3 is 14.7 Å². The smallest absolute Gasteiger partial charge is 0.320 e. The van der Waals surface area contributed by atoms with Crippen molar-refractivity contribution in [3.05, 3.63) is 0 Å². The third-order valence-electron chi connectivity index (χ3n) is 5.54. The van der Waals surface area contributed by atoms with E-state index in [2.05, 4.69) is 28.7 Å². The summed E-state index contributed by atoms with van der Waals surface area (Å²) in [5.41, 5.74) is 0. The minimum Gasteiger partial charge on any atom is -0.324 e. The van der Waals surface area contributed by atoms with Crippen LogP contribution in [0.25, 0.3) is 0 Å². The summed E-state index contributed by atoms with van der Waals surface area (Å²) in [6.45, 7) is 7.37. The van der Waals surface area contributed by atoms with Crippen LogP contribution in [0.3, 0.4) is 0 Å². The Kier molecular flexibility index (Phi) is 4.20. The van der Waals surface area contributed by atoms with E-state index in [4.69, 9.17) is 0 Å². The van der Waals surface area contributed by atoms with Crippen LogP contribution in [0.5, 0.6) is 0 Å². The highest BCUT2D eigenvalue weighted by Gasteiger charge is 2.37. The van der Waals surface area contributed by atoms with Crippen LogP contribution in [0, 0.1) is 11.8 Å². The number of amides is 2. The number of fused-ring (bicyclic) bond motifs is 1. The van der Waals surface area contributed by atoms with Crippen molar-refractivity contribution < 1.29 is 4.79 Å². The Balaban J connectivity index is 1.59. The fourth-order valence-electron chi connectivity index (χ4n) is 4.39. The summed E-state index contributed by atoms with van der Waals surface area (Å²) in [5.74, 6) is 1.37. The number of carbonyl (C=O) groups is 1. The molecular weight excluding hydrogens is 250 g/mol. The van der Waals surface area contributed by atoms with Crippen molar-refractivity contribution in [2.45, 2.75) is 45.1 Å². The van der Waals surface area contributed by atoms with Gasteiger partial charge >= 0.3 is 6.03 Å². The van der Waals surface area contributed by atoms with E-state index in [-0.39, 0.29) is 0 Å². The molecule has 3 aliphatic rings. The predicted octanol–water partition coefficient (Wildman–Crippen LogP) is 2.25. The first-order valence-electron chi connectivity index (χ1n) is 8.39. The van der Waals surface area contributed by atoms with E-state index in [0.29, 0.717) is 23.9 Å². The van der Waals surface area contributed by atoms with Gasteiger partial charge in [0.1, 0.15) is 0 Å². The Hall–Kier alpha value is -0.770. The monoisotopic (exact) mass is 279 g/mol. The lowest BCUT2D eigenvalue weighted by Gasteiger charge is -2.47. The molecule has 114 valence electrons. The van der Waals surface area contributed by atoms with Gasteiger partial charge in [-0.2, -0.15) is 0 Å². The molecular formula is C16H29N3O. The molecule has 0 bridgehead atoms. The molecule has 3 aliphatic heterocycles. The second kappa shape index (κ2) is 5.92. The van der Waals surface area contributed by atoms with Crippen molar-refractivity contribution in [2.75, 3.05) is 39.8 Å². The number of urea groups is 1.